The van der Waals surface area contributed by atoms with Crippen molar-refractivity contribution in [3.63, 3.8) is 0 Å². The SMILES string of the molecule is CCn1cc(Br)c(-c2ccnc3cc(C(=O)Nc4nn(Cc5c(F)cccc5Cl)cc4Cl)nn23)n1. The number of carbonyl (C=O) groups excluding carboxylic acids is 1. The van der Waals surface area contributed by atoms with Gasteiger partial charge in [-0.3, -0.25) is 14.2 Å². The summed E-state index contributed by atoms with van der Waals surface area (Å²) in [6.45, 7) is 2.73. The van der Waals surface area contributed by atoms with E-state index in [0.29, 0.717) is 23.6 Å². The molecule has 4 heterocycles. The predicted octanol–water partition coefficient (Wildman–Crippen LogP) is 5.32. The number of amides is 1. The molecule has 9 nitrogen and oxygen atoms in total. The van der Waals surface area contributed by atoms with Gasteiger partial charge in [-0.1, -0.05) is 29.3 Å². The zero-order valence-electron chi connectivity index (χ0n) is 18.1. The van der Waals surface area contributed by atoms with Crippen molar-refractivity contribution < 1.29 is 9.18 Å². The maximum absolute atomic E-state index is 14.1. The van der Waals surface area contributed by atoms with Crippen LogP contribution in [0.1, 0.15) is 23.0 Å². The molecule has 178 valence electrons. The van der Waals surface area contributed by atoms with Crippen LogP contribution in [0.5, 0.6) is 0 Å². The van der Waals surface area contributed by atoms with E-state index >= 15 is 0 Å². The van der Waals surface area contributed by atoms with Crippen molar-refractivity contribution in [3.05, 3.63) is 80.5 Å². The van der Waals surface area contributed by atoms with Gasteiger partial charge in [-0.05, 0) is 41.1 Å². The first-order valence-electron chi connectivity index (χ1n) is 10.4. The van der Waals surface area contributed by atoms with E-state index < -0.39 is 11.7 Å². The lowest BCUT2D eigenvalue weighted by molar-refractivity contribution is 0.102. The Morgan fingerprint density at radius 2 is 1.94 bits per heavy atom. The van der Waals surface area contributed by atoms with Crippen LogP contribution in [0, 0.1) is 5.82 Å². The van der Waals surface area contributed by atoms with Gasteiger partial charge in [0.15, 0.2) is 17.2 Å². The number of carbonyl (C=O) groups is 1. The standard InChI is InChI=1S/C22H16BrCl2FN8O/c1-2-32-10-13(23)20(30-32)18-6-7-27-19-8-17(29-34(18)19)22(35)28-21-15(25)11-33(31-21)9-12-14(24)4-3-5-16(12)26/h3-8,10-11H,2,9H2,1H3,(H,28,31,35). The number of rotatable bonds is 6. The van der Waals surface area contributed by atoms with E-state index in [1.165, 1.54) is 23.0 Å². The largest absolute Gasteiger partial charge is 0.302 e. The van der Waals surface area contributed by atoms with Gasteiger partial charge in [-0.2, -0.15) is 15.3 Å². The van der Waals surface area contributed by atoms with Gasteiger partial charge in [0, 0.05) is 41.8 Å². The summed E-state index contributed by atoms with van der Waals surface area (Å²) in [5.74, 6) is -0.882. The summed E-state index contributed by atoms with van der Waals surface area (Å²) >= 11 is 15.9. The minimum Gasteiger partial charge on any atom is -0.302 e. The lowest BCUT2D eigenvalue weighted by Gasteiger charge is -2.05. The van der Waals surface area contributed by atoms with E-state index in [4.69, 9.17) is 23.2 Å². The van der Waals surface area contributed by atoms with Crippen molar-refractivity contribution in [2.75, 3.05) is 5.32 Å². The highest BCUT2D eigenvalue weighted by Crippen LogP contribution is 2.27. The molecule has 0 aliphatic heterocycles. The predicted molar refractivity (Wildman–Crippen MR) is 133 cm³/mol. The Bertz CT molecular complexity index is 1560. The number of hydrogen-bond acceptors (Lipinski definition) is 5. The van der Waals surface area contributed by atoms with E-state index in [0.717, 1.165) is 4.47 Å². The molecule has 0 saturated heterocycles. The Morgan fingerprint density at radius 1 is 1.11 bits per heavy atom. The third-order valence-electron chi connectivity index (χ3n) is 5.21. The number of aryl methyl sites for hydroxylation is 1. The Morgan fingerprint density at radius 3 is 2.69 bits per heavy atom. The van der Waals surface area contributed by atoms with E-state index in [1.54, 1.807) is 33.6 Å². The minimum absolute atomic E-state index is 0.0437. The number of fused-ring (bicyclic) bond motifs is 1. The van der Waals surface area contributed by atoms with Crippen LogP contribution in [0.2, 0.25) is 10.0 Å². The van der Waals surface area contributed by atoms with Gasteiger partial charge < -0.3 is 5.32 Å². The van der Waals surface area contributed by atoms with Gasteiger partial charge in [0.05, 0.1) is 16.7 Å². The second-order valence-corrected chi connectivity index (χ2v) is 9.16. The summed E-state index contributed by atoms with van der Waals surface area (Å²) in [5.41, 5.74) is 2.18. The van der Waals surface area contributed by atoms with Gasteiger partial charge in [-0.15, -0.1) is 0 Å². The fourth-order valence-corrected chi connectivity index (χ4v) is 4.44. The summed E-state index contributed by atoms with van der Waals surface area (Å²) in [6, 6.07) is 7.73. The molecule has 5 rings (SSSR count). The topological polar surface area (TPSA) is 94.9 Å². The number of anilines is 1. The van der Waals surface area contributed by atoms with Crippen LogP contribution in [0.15, 0.2) is 53.4 Å². The first kappa shape index (κ1) is 23.5. The van der Waals surface area contributed by atoms with Crippen molar-refractivity contribution in [1.29, 1.82) is 0 Å². The van der Waals surface area contributed by atoms with Crippen LogP contribution in [-0.2, 0) is 13.1 Å². The van der Waals surface area contributed by atoms with Crippen LogP contribution in [-0.4, -0.2) is 40.1 Å². The van der Waals surface area contributed by atoms with Crippen molar-refractivity contribution in [3.8, 4) is 11.4 Å². The molecule has 1 aromatic carbocycles. The third-order valence-corrected chi connectivity index (χ3v) is 6.42. The molecule has 5 aromatic rings. The van der Waals surface area contributed by atoms with Gasteiger partial charge in [0.25, 0.3) is 5.91 Å². The molecule has 0 aliphatic carbocycles. The molecule has 0 aliphatic rings. The molecule has 1 N–H and O–H groups in total. The number of nitrogens with one attached hydrogen (secondary N) is 1. The van der Waals surface area contributed by atoms with Crippen LogP contribution >= 0.6 is 39.1 Å². The highest BCUT2D eigenvalue weighted by atomic mass is 79.9. The third kappa shape index (κ3) is 4.54. The lowest BCUT2D eigenvalue weighted by Crippen LogP contribution is -2.14. The lowest BCUT2D eigenvalue weighted by atomic mass is 10.2. The van der Waals surface area contributed by atoms with Gasteiger partial charge in [0.1, 0.15) is 16.5 Å². The van der Waals surface area contributed by atoms with E-state index in [-0.39, 0.29) is 33.7 Å². The molecule has 0 unspecified atom stereocenters. The Balaban J connectivity index is 1.41. The maximum atomic E-state index is 14.1. The first-order chi connectivity index (χ1) is 16.8. The fraction of sp³-hybridized carbons (Fsp3) is 0.136. The van der Waals surface area contributed by atoms with E-state index in [9.17, 15) is 9.18 Å². The van der Waals surface area contributed by atoms with Gasteiger partial charge in [0.2, 0.25) is 0 Å². The van der Waals surface area contributed by atoms with Crippen molar-refractivity contribution >= 4 is 56.5 Å². The molecule has 0 radical (unpaired) electrons. The van der Waals surface area contributed by atoms with E-state index in [1.807, 2.05) is 13.1 Å². The Kier molecular flexibility index (Phi) is 6.30. The molecule has 0 fully saturated rings. The van der Waals surface area contributed by atoms with Gasteiger partial charge in [-0.25, -0.2) is 13.9 Å². The summed E-state index contributed by atoms with van der Waals surface area (Å²) in [5, 5.41) is 16.3. The van der Waals surface area contributed by atoms with Crippen LogP contribution in [0.4, 0.5) is 10.2 Å². The second kappa shape index (κ2) is 9.40. The van der Waals surface area contributed by atoms with Crippen LogP contribution < -0.4 is 5.32 Å². The Hall–Kier alpha value is -3.28. The zero-order chi connectivity index (χ0) is 24.7. The number of benzene rings is 1. The van der Waals surface area contributed by atoms with Crippen molar-refractivity contribution in [2.45, 2.75) is 20.0 Å². The highest BCUT2D eigenvalue weighted by Gasteiger charge is 2.19. The number of nitrogens with zero attached hydrogens (tertiary/aromatic N) is 7. The smallest absolute Gasteiger partial charge is 0.277 e. The normalized spacial score (nSPS) is 11.3. The minimum atomic E-state index is -0.532. The fourth-order valence-electron chi connectivity index (χ4n) is 3.50. The molecular weight excluding hydrogens is 562 g/mol. The average molecular weight is 578 g/mol. The average Bonchev–Trinajstić information content (AvgIpc) is 3.53. The van der Waals surface area contributed by atoms with E-state index in [2.05, 4.69) is 41.5 Å². The molecule has 35 heavy (non-hydrogen) atoms. The molecule has 0 saturated carbocycles. The van der Waals surface area contributed by atoms with Crippen molar-refractivity contribution in [2.24, 2.45) is 0 Å². The molecular formula is C22H16BrCl2FN8O. The highest BCUT2D eigenvalue weighted by molar-refractivity contribution is 9.10. The zero-order valence-corrected chi connectivity index (χ0v) is 21.2. The molecule has 0 bridgehead atoms. The summed E-state index contributed by atoms with van der Waals surface area (Å²) in [6.07, 6.45) is 4.97. The van der Waals surface area contributed by atoms with Crippen LogP contribution in [0.25, 0.3) is 17.0 Å². The molecule has 13 heteroatoms. The summed E-state index contributed by atoms with van der Waals surface area (Å²) < 4.78 is 19.6. The number of hydrogen-bond donors (Lipinski definition) is 1. The van der Waals surface area contributed by atoms with Gasteiger partial charge >= 0.3 is 0 Å². The second-order valence-electron chi connectivity index (χ2n) is 7.49. The maximum Gasteiger partial charge on any atom is 0.277 e. The molecule has 4 aromatic heterocycles. The number of halogens is 4. The number of aromatic nitrogens is 7. The molecule has 1 amide bonds. The quantitative estimate of drug-likeness (QED) is 0.295. The summed E-state index contributed by atoms with van der Waals surface area (Å²) in [7, 11) is 0. The monoisotopic (exact) mass is 576 g/mol. The van der Waals surface area contributed by atoms with Crippen molar-refractivity contribution in [1.82, 2.24) is 34.2 Å². The first-order valence-corrected chi connectivity index (χ1v) is 11.9. The summed E-state index contributed by atoms with van der Waals surface area (Å²) in [4.78, 5) is 17.2. The molecule has 0 spiro atoms. The van der Waals surface area contributed by atoms with Crippen LogP contribution in [0.3, 0.4) is 0 Å². The molecule has 0 atom stereocenters. The Labute approximate surface area is 216 Å².